The third kappa shape index (κ3) is 7.43. The van der Waals surface area contributed by atoms with Crippen LogP contribution in [0.5, 0.6) is 0 Å². The molecule has 16 heteroatoms. The van der Waals surface area contributed by atoms with Crippen molar-refractivity contribution in [1.82, 2.24) is 0 Å². The van der Waals surface area contributed by atoms with Crippen LogP contribution in [0.3, 0.4) is 0 Å². The molecule has 35 heavy (non-hydrogen) atoms. The summed E-state index contributed by atoms with van der Waals surface area (Å²) in [6.07, 6.45) is -4.90. The minimum Gasteiger partial charge on any atom is -0.456 e. The predicted octanol–water partition coefficient (Wildman–Crippen LogP) is 5.24. The van der Waals surface area contributed by atoms with Crippen LogP contribution >= 0.6 is 0 Å². The molecule has 1 saturated heterocycles. The Bertz CT molecular complexity index is 941. The van der Waals surface area contributed by atoms with E-state index in [4.69, 9.17) is 19.1 Å². The second-order valence-corrected chi connectivity index (χ2v) is 22.6. The molecule has 0 amide bonds. The minimum atomic E-state index is -6.08. The maximum absolute atomic E-state index is 13.2. The molecule has 0 saturated carbocycles. The van der Waals surface area contributed by atoms with Gasteiger partial charge in [-0.05, 0) is 41.8 Å². The van der Waals surface area contributed by atoms with E-state index in [1.807, 2.05) is 67.7 Å². The molecule has 0 aliphatic carbocycles. The number of ether oxygens (including phenoxy) is 1. The van der Waals surface area contributed by atoms with Gasteiger partial charge in [-0.2, -0.15) is 21.6 Å². The molecule has 0 aromatic rings. The van der Waals surface area contributed by atoms with Gasteiger partial charge >= 0.3 is 21.6 Å². The summed E-state index contributed by atoms with van der Waals surface area (Å²) in [5, 5.41) is 2.65. The van der Waals surface area contributed by atoms with Gasteiger partial charge in [0.25, 0.3) is 0 Å². The Morgan fingerprint density at radius 1 is 1.06 bits per heavy atom. The smallest absolute Gasteiger partial charge is 0.456 e. The maximum Gasteiger partial charge on any atom is 0.523 e. The van der Waals surface area contributed by atoms with Crippen LogP contribution < -0.4 is 0 Å². The number of carbonyl (C=O) groups is 1. The molecule has 0 bridgehead atoms. The van der Waals surface area contributed by atoms with E-state index in [2.05, 4.69) is 14.2 Å². The lowest BCUT2D eigenvalue weighted by Crippen LogP contribution is -2.53. The average molecular weight is 564 g/mol. The van der Waals surface area contributed by atoms with Crippen molar-refractivity contribution in [2.75, 3.05) is 6.61 Å². The van der Waals surface area contributed by atoms with Crippen LogP contribution in [-0.2, 0) is 32.7 Å². The highest BCUT2D eigenvalue weighted by Gasteiger charge is 2.57. The summed E-state index contributed by atoms with van der Waals surface area (Å²) in [4.78, 5) is 15.2. The molecular weight excluding hydrogens is 527 g/mol. The fraction of sp³-hybridized carbons (Fsp3) is 0.947. The molecule has 0 spiro atoms. The minimum absolute atomic E-state index is 0.364. The van der Waals surface area contributed by atoms with Crippen molar-refractivity contribution in [3.8, 4) is 0 Å². The van der Waals surface area contributed by atoms with Gasteiger partial charge < -0.3 is 13.6 Å². The van der Waals surface area contributed by atoms with Gasteiger partial charge in [0.05, 0.1) is 6.61 Å². The predicted molar refractivity (Wildman–Crippen MR) is 128 cm³/mol. The van der Waals surface area contributed by atoms with Crippen molar-refractivity contribution in [3.63, 3.8) is 0 Å². The third-order valence-electron chi connectivity index (χ3n) is 6.86. The van der Waals surface area contributed by atoms with Gasteiger partial charge in [0.2, 0.25) is 0 Å². The zero-order valence-electron chi connectivity index (χ0n) is 21.8. The normalized spacial score (nSPS) is 23.6. The Morgan fingerprint density at radius 3 is 1.94 bits per heavy atom. The molecule has 10 nitrogen and oxygen atoms in total. The van der Waals surface area contributed by atoms with Crippen LogP contribution in [0.25, 0.3) is 10.4 Å². The second-order valence-electron chi connectivity index (χ2n) is 11.5. The molecule has 0 N–H and O–H groups in total. The molecule has 1 heterocycles. The van der Waals surface area contributed by atoms with Crippen molar-refractivity contribution < 1.29 is 44.2 Å². The van der Waals surface area contributed by atoms with E-state index in [0.29, 0.717) is 0 Å². The first-order valence-electron chi connectivity index (χ1n) is 10.9. The summed E-state index contributed by atoms with van der Waals surface area (Å²) in [5.41, 5.74) is 3.23. The van der Waals surface area contributed by atoms with Crippen LogP contribution in [0.4, 0.5) is 13.2 Å². The first kappa shape index (κ1) is 31.9. The number of rotatable bonds is 9. The molecule has 1 fully saturated rings. The van der Waals surface area contributed by atoms with E-state index in [-0.39, 0.29) is 5.04 Å². The van der Waals surface area contributed by atoms with E-state index in [9.17, 15) is 26.4 Å². The highest BCUT2D eigenvalue weighted by atomic mass is 32.2. The van der Waals surface area contributed by atoms with Crippen LogP contribution in [0, 0.1) is 0 Å². The summed E-state index contributed by atoms with van der Waals surface area (Å²) in [5.74, 6) is -1.05. The Kier molecular flexibility index (Phi) is 9.38. The number of carbonyl (C=O) groups excluding carboxylic acids is 1. The van der Waals surface area contributed by atoms with Crippen LogP contribution in [0.15, 0.2) is 5.11 Å². The first-order chi connectivity index (χ1) is 15.4. The summed E-state index contributed by atoms with van der Waals surface area (Å²) in [6.45, 7) is 18.0. The van der Waals surface area contributed by atoms with E-state index < -0.39 is 74.2 Å². The highest BCUT2D eigenvalue weighted by Crippen LogP contribution is 2.41. The van der Waals surface area contributed by atoms with Gasteiger partial charge in [0.15, 0.2) is 28.8 Å². The number of esters is 1. The van der Waals surface area contributed by atoms with Crippen LogP contribution in [-0.4, -0.2) is 67.5 Å². The number of nitrogens with zero attached hydrogens (tertiary/aromatic N) is 3. The van der Waals surface area contributed by atoms with Crippen molar-refractivity contribution in [1.29, 1.82) is 0 Å². The number of alkyl halides is 3. The summed E-state index contributed by atoms with van der Waals surface area (Å²) in [7, 11) is -11.4. The number of hydrogen-bond donors (Lipinski definition) is 0. The fourth-order valence-electron chi connectivity index (χ4n) is 2.59. The molecule has 0 aromatic heterocycles. The monoisotopic (exact) mass is 563 g/mol. The molecule has 1 aliphatic heterocycles. The molecule has 0 unspecified atom stereocenters. The van der Waals surface area contributed by atoms with Crippen LogP contribution in [0.2, 0.25) is 36.3 Å². The van der Waals surface area contributed by atoms with Gasteiger partial charge in [0, 0.05) is 4.91 Å². The van der Waals surface area contributed by atoms with Crippen molar-refractivity contribution >= 4 is 32.7 Å². The highest BCUT2D eigenvalue weighted by molar-refractivity contribution is 7.87. The van der Waals surface area contributed by atoms with Gasteiger partial charge in [-0.15, -0.1) is 0 Å². The first-order valence-corrected chi connectivity index (χ1v) is 18.2. The molecule has 0 radical (unpaired) electrons. The number of hydrogen-bond acceptors (Lipinski definition) is 8. The standard InChI is InChI=1S/C19H36F3N3O7SSi2/c1-17(2,3)34(7,8)29-11-12(31-33(27,28)19(20,21)22)14-15(13(24-25-23)16(26)30-14)32-35(9,10)18(4,5)6/h12-15H,11H2,1-10H3/t12-,13+,14-,15-/m1/s1. The number of cyclic esters (lactones) is 1. The summed E-state index contributed by atoms with van der Waals surface area (Å²) < 4.78 is 85.4. The maximum atomic E-state index is 13.2. The molecule has 0 aromatic carbocycles. The zero-order valence-corrected chi connectivity index (χ0v) is 24.6. The molecular formula is C19H36F3N3O7SSi2. The van der Waals surface area contributed by atoms with Crippen molar-refractivity contribution in [2.45, 2.75) is 108 Å². The quantitative estimate of drug-likeness (QED) is 0.0711. The average Bonchev–Trinajstić information content (AvgIpc) is 2.91. The Labute approximate surface area is 206 Å². The van der Waals surface area contributed by atoms with Gasteiger partial charge in [-0.1, -0.05) is 46.7 Å². The van der Waals surface area contributed by atoms with E-state index in [1.54, 1.807) is 0 Å². The Morgan fingerprint density at radius 2 is 1.54 bits per heavy atom. The van der Waals surface area contributed by atoms with E-state index in [1.165, 1.54) is 0 Å². The van der Waals surface area contributed by atoms with Gasteiger partial charge in [0.1, 0.15) is 12.2 Å². The molecule has 4 atom stereocenters. The zero-order chi connectivity index (χ0) is 27.8. The van der Waals surface area contributed by atoms with Crippen molar-refractivity contribution in [2.24, 2.45) is 5.11 Å². The van der Waals surface area contributed by atoms with Gasteiger partial charge in [-0.3, -0.25) is 8.98 Å². The molecule has 1 aliphatic rings. The second kappa shape index (κ2) is 10.3. The molecule has 1 rings (SSSR count). The van der Waals surface area contributed by atoms with Crippen molar-refractivity contribution in [3.05, 3.63) is 10.4 Å². The lowest BCUT2D eigenvalue weighted by atomic mass is 10.1. The van der Waals surface area contributed by atoms with Crippen LogP contribution in [0.1, 0.15) is 41.5 Å². The van der Waals surface area contributed by atoms with Gasteiger partial charge in [-0.25, -0.2) is 0 Å². The van der Waals surface area contributed by atoms with E-state index >= 15 is 0 Å². The molecule has 204 valence electrons. The Hall–Kier alpha value is -1.17. The lowest BCUT2D eigenvalue weighted by molar-refractivity contribution is -0.147. The Balaban J connectivity index is 3.55. The summed E-state index contributed by atoms with van der Waals surface area (Å²) in [6, 6.07) is -1.54. The topological polar surface area (TPSA) is 137 Å². The van der Waals surface area contributed by atoms with E-state index in [0.717, 1.165) is 0 Å². The lowest BCUT2D eigenvalue weighted by Gasteiger charge is -2.41. The SMILES string of the molecule is CC(C)(C)[Si](C)(C)OC[C@@H](OS(=O)(=O)C(F)(F)F)[C@H]1OC(=O)[C@@H](N=[N+]=[N-])[C@H]1O[Si](C)(C)C(C)(C)C. The largest absolute Gasteiger partial charge is 0.523 e. The summed E-state index contributed by atoms with van der Waals surface area (Å²) >= 11 is 0. The number of azide groups is 1. The third-order valence-corrected chi connectivity index (χ3v) is 16.9. The number of halogens is 3. The fourth-order valence-corrected chi connectivity index (χ4v) is 5.50.